The Labute approximate surface area is 484 Å². The highest BCUT2D eigenvalue weighted by Gasteiger charge is 2.23. The third-order valence-electron chi connectivity index (χ3n) is 13.1. The highest BCUT2D eigenvalue weighted by atomic mass is 16.5. The largest absolute Gasteiger partial charge is 0.494 e. The van der Waals surface area contributed by atoms with E-state index in [0.717, 1.165) is 44.9 Å². The van der Waals surface area contributed by atoms with Gasteiger partial charge in [-0.3, -0.25) is 43.2 Å². The molecule has 1 aromatic rings. The van der Waals surface area contributed by atoms with E-state index in [1.807, 2.05) is 6.92 Å². The van der Waals surface area contributed by atoms with Crippen molar-refractivity contribution in [3.63, 3.8) is 0 Å². The molecular weight excluding hydrogens is 1070 g/mol. The quantitative estimate of drug-likeness (QED) is 0.0445. The fourth-order valence-electron chi connectivity index (χ4n) is 8.16. The Bertz CT molecular complexity index is 1990. The van der Waals surface area contributed by atoms with Gasteiger partial charge in [0.2, 0.25) is 23.6 Å². The van der Waals surface area contributed by atoms with Crippen molar-refractivity contribution in [2.45, 2.75) is 149 Å². The zero-order valence-corrected chi connectivity index (χ0v) is 49.0. The number of aromatic carboxylic acids is 1. The Balaban J connectivity index is 1.96. The first-order chi connectivity index (χ1) is 39.5. The molecule has 23 nitrogen and oxygen atoms in total. The Morgan fingerprint density at radius 1 is 0.439 bits per heavy atom. The predicted molar refractivity (Wildman–Crippen MR) is 303 cm³/mol. The van der Waals surface area contributed by atoms with Crippen molar-refractivity contribution >= 4 is 58.7 Å². The van der Waals surface area contributed by atoms with Gasteiger partial charge in [0.1, 0.15) is 42.9 Å². The van der Waals surface area contributed by atoms with Crippen molar-refractivity contribution < 1.29 is 91.3 Å². The van der Waals surface area contributed by atoms with Crippen molar-refractivity contribution in [1.29, 1.82) is 0 Å². The third kappa shape index (κ3) is 43.9. The number of ether oxygens (including phenoxy) is 7. The number of carboxylic acids is 2. The second-order valence-electron chi connectivity index (χ2n) is 20.3. The van der Waals surface area contributed by atoms with Gasteiger partial charge < -0.3 is 64.6 Å². The molecule has 0 fully saturated rings. The van der Waals surface area contributed by atoms with Gasteiger partial charge in [0.15, 0.2) is 5.78 Å². The molecule has 0 saturated carbocycles. The molecule has 1 aromatic carbocycles. The number of hydrogen-bond acceptors (Lipinski definition) is 17. The normalized spacial score (nSPS) is 12.2. The van der Waals surface area contributed by atoms with E-state index >= 15 is 0 Å². The van der Waals surface area contributed by atoms with Crippen LogP contribution >= 0.6 is 0 Å². The Morgan fingerprint density at radius 2 is 0.951 bits per heavy atom. The smallest absolute Gasteiger partial charge is 0.335 e. The maximum atomic E-state index is 12.9. The number of ketones is 4. The molecule has 0 radical (unpaired) electrons. The average molecular weight is 1170 g/mol. The van der Waals surface area contributed by atoms with E-state index in [2.05, 4.69) is 21.3 Å². The van der Waals surface area contributed by atoms with Crippen LogP contribution in [0.4, 0.5) is 0 Å². The van der Waals surface area contributed by atoms with Gasteiger partial charge >= 0.3 is 11.9 Å². The zero-order valence-electron chi connectivity index (χ0n) is 49.0. The first kappa shape index (κ1) is 74.3. The minimum absolute atomic E-state index is 0.0312. The summed E-state index contributed by atoms with van der Waals surface area (Å²) in [7, 11) is 0. The summed E-state index contributed by atoms with van der Waals surface area (Å²) in [5.74, 6) is -4.14. The molecule has 4 amide bonds. The number of aliphatic carboxylic acids is 1. The van der Waals surface area contributed by atoms with Crippen LogP contribution in [0.2, 0.25) is 0 Å². The molecule has 0 heterocycles. The number of hydrogen-bond donors (Lipinski definition) is 6. The minimum atomic E-state index is -1.10. The monoisotopic (exact) mass is 1160 g/mol. The summed E-state index contributed by atoms with van der Waals surface area (Å²) in [4.78, 5) is 120. The first-order valence-corrected chi connectivity index (χ1v) is 29.2. The number of carboxylic acid groups (broad SMARTS) is 2. The van der Waals surface area contributed by atoms with Crippen LogP contribution < -0.4 is 26.0 Å². The summed E-state index contributed by atoms with van der Waals surface area (Å²) in [6.07, 6.45) is 11.6. The molecule has 0 saturated heterocycles. The lowest BCUT2D eigenvalue weighted by molar-refractivity contribution is -0.144. The van der Waals surface area contributed by atoms with E-state index in [0.29, 0.717) is 103 Å². The summed E-state index contributed by atoms with van der Waals surface area (Å²) < 4.78 is 37.9. The van der Waals surface area contributed by atoms with Gasteiger partial charge in [-0.25, -0.2) is 4.79 Å². The van der Waals surface area contributed by atoms with E-state index in [4.69, 9.17) is 38.3 Å². The van der Waals surface area contributed by atoms with Crippen LogP contribution in [0.5, 0.6) is 5.75 Å². The van der Waals surface area contributed by atoms with Crippen LogP contribution in [0.25, 0.3) is 0 Å². The molecule has 0 unspecified atom stereocenters. The van der Waals surface area contributed by atoms with E-state index in [9.17, 15) is 53.1 Å². The van der Waals surface area contributed by atoms with Gasteiger partial charge in [0.25, 0.3) is 0 Å². The maximum absolute atomic E-state index is 12.9. The lowest BCUT2D eigenvalue weighted by Gasteiger charge is -2.16. The van der Waals surface area contributed by atoms with Gasteiger partial charge in [0, 0.05) is 83.6 Å². The maximum Gasteiger partial charge on any atom is 0.335 e. The number of nitrogens with one attached hydrogen (secondary N) is 4. The van der Waals surface area contributed by atoms with Crippen LogP contribution in [0.1, 0.15) is 160 Å². The zero-order chi connectivity index (χ0) is 60.4. The number of Topliss-reactive ketones (excluding diaryl/α,β-unsaturated/α-hetero) is 4. The number of amides is 4. The van der Waals surface area contributed by atoms with E-state index in [1.54, 1.807) is 12.1 Å². The first-order valence-electron chi connectivity index (χ1n) is 29.2. The molecule has 23 heteroatoms. The Hall–Kier alpha value is -5.72. The van der Waals surface area contributed by atoms with Crippen molar-refractivity contribution in [2.75, 3.05) is 112 Å². The van der Waals surface area contributed by atoms with Crippen LogP contribution in [0.3, 0.4) is 0 Å². The fraction of sp³-hybridized carbons (Fsp3) is 0.729. The van der Waals surface area contributed by atoms with Gasteiger partial charge in [-0.15, -0.1) is 0 Å². The number of unbranched alkanes of at least 4 members (excludes halogenated alkanes) is 8. The van der Waals surface area contributed by atoms with Crippen LogP contribution in [-0.2, 0) is 71.6 Å². The minimum Gasteiger partial charge on any atom is -0.494 e. The third-order valence-corrected chi connectivity index (χ3v) is 13.1. The highest BCUT2D eigenvalue weighted by Crippen LogP contribution is 2.21. The second kappa shape index (κ2) is 49.9. The van der Waals surface area contributed by atoms with Crippen LogP contribution in [0, 0.1) is 17.8 Å². The Kier molecular flexibility index (Phi) is 45.2. The lowest BCUT2D eigenvalue weighted by atomic mass is 9.87. The standard InChI is InChI=1S/C59H96N4O19/c1-45(16-10-12-26-61-56(70)44-81-39-36-77-32-28-60-47(3)65)54(68)41-49(46(2)64)17-11-13-27-62-57(71)43-80-38-34-76-30-15-19-52(67)42-79-37-35-78-33-29-63-55(69)25-22-50(59(74)75)40-51(66)18-9-7-5-4-6-8-14-31-82-53-23-20-48(21-24-53)58(72)73/h20-21,23-24,45,49-50H,4-19,22,25-44H2,1-3H3,(H,60,65)(H,61,70)(H,62,71)(H,63,69)(H,72,73)(H,74,75)/t45-,49+,50+/m0/s1. The topological polar surface area (TPSA) is 324 Å². The van der Waals surface area contributed by atoms with E-state index < -0.39 is 17.9 Å². The van der Waals surface area contributed by atoms with Gasteiger partial charge in [-0.05, 0) is 82.6 Å². The average Bonchev–Trinajstić information content (AvgIpc) is 3.44. The van der Waals surface area contributed by atoms with Crippen molar-refractivity contribution in [3.8, 4) is 5.75 Å². The summed E-state index contributed by atoms with van der Waals surface area (Å²) in [5.41, 5.74) is 0.213. The van der Waals surface area contributed by atoms with Crippen molar-refractivity contribution in [1.82, 2.24) is 21.3 Å². The molecule has 1 rings (SSSR count). The summed E-state index contributed by atoms with van der Waals surface area (Å²) in [6.45, 7) is 8.85. The van der Waals surface area contributed by atoms with Gasteiger partial charge in [-0.2, -0.15) is 0 Å². The summed E-state index contributed by atoms with van der Waals surface area (Å²) >= 11 is 0. The van der Waals surface area contributed by atoms with Crippen LogP contribution in [-0.4, -0.2) is 181 Å². The number of benzene rings is 1. The van der Waals surface area contributed by atoms with E-state index in [-0.39, 0.29) is 162 Å². The lowest BCUT2D eigenvalue weighted by Crippen LogP contribution is -2.29. The molecule has 3 atom stereocenters. The van der Waals surface area contributed by atoms with Crippen LogP contribution in [0.15, 0.2) is 24.3 Å². The summed E-state index contributed by atoms with van der Waals surface area (Å²) in [5, 5.41) is 29.5. The molecule has 0 aliphatic rings. The number of carbonyl (C=O) groups excluding carboxylic acids is 8. The van der Waals surface area contributed by atoms with Crippen molar-refractivity contribution in [3.05, 3.63) is 29.8 Å². The molecule has 82 heavy (non-hydrogen) atoms. The molecule has 0 aliphatic carbocycles. The SMILES string of the molecule is CC(=O)NCCOCCOCC(=O)NCCCC[C@H](C)C(=O)C[C@@H](CCCCNC(=O)COCCOCCCC(=O)COCCOCCNC(=O)CC[C@H](CC(=O)CCCCCCCCCOc1ccc(C(=O)O)cc1)C(=O)O)C(C)=O. The van der Waals surface area contributed by atoms with E-state index in [1.165, 1.54) is 26.0 Å². The molecular formula is C59H96N4O19. The number of carbonyl (C=O) groups is 10. The predicted octanol–water partition coefficient (Wildman–Crippen LogP) is 5.40. The van der Waals surface area contributed by atoms with Crippen molar-refractivity contribution in [2.24, 2.45) is 17.8 Å². The van der Waals surface area contributed by atoms with Gasteiger partial charge in [-0.1, -0.05) is 51.9 Å². The molecule has 0 spiro atoms. The second-order valence-corrected chi connectivity index (χ2v) is 20.3. The number of rotatable bonds is 57. The highest BCUT2D eigenvalue weighted by molar-refractivity contribution is 5.88. The molecule has 6 N–H and O–H groups in total. The molecule has 0 aliphatic heterocycles. The fourth-order valence-corrected chi connectivity index (χ4v) is 8.16. The molecule has 0 bridgehead atoms. The molecule has 466 valence electrons. The Morgan fingerprint density at radius 3 is 1.52 bits per heavy atom. The molecule has 0 aromatic heterocycles. The van der Waals surface area contributed by atoms with Gasteiger partial charge in [0.05, 0.1) is 70.9 Å². The summed E-state index contributed by atoms with van der Waals surface area (Å²) in [6, 6.07) is 6.30.